The third-order valence-corrected chi connectivity index (χ3v) is 1.40. The van der Waals surface area contributed by atoms with Crippen molar-refractivity contribution in [3.05, 3.63) is 12.2 Å². The molecule has 2 nitrogen and oxygen atoms in total. The number of allylic oxidation sites excluding steroid dienone is 1. The zero-order valence-electron chi connectivity index (χ0n) is 7.01. The maximum atomic E-state index is 5.36. The van der Waals surface area contributed by atoms with E-state index in [2.05, 4.69) is 24.1 Å². The van der Waals surface area contributed by atoms with Crippen LogP contribution in [0.5, 0.6) is 0 Å². The van der Waals surface area contributed by atoms with Gasteiger partial charge in [-0.15, -0.1) is 0 Å². The molecule has 0 unspecified atom stereocenters. The molecule has 0 bridgehead atoms. The first kappa shape index (κ1) is 9.66. The quantitative estimate of drug-likeness (QED) is 0.576. The van der Waals surface area contributed by atoms with Crippen molar-refractivity contribution in [2.45, 2.75) is 13.3 Å². The molecule has 2 heteroatoms. The lowest BCUT2D eigenvalue weighted by Gasteiger charge is -2.12. The van der Waals surface area contributed by atoms with Crippen molar-refractivity contribution in [1.82, 2.24) is 4.90 Å². The van der Waals surface area contributed by atoms with E-state index in [1.807, 2.05) is 6.92 Å². The Kier molecular flexibility index (Phi) is 6.55. The highest BCUT2D eigenvalue weighted by Crippen LogP contribution is 1.85. The summed E-state index contributed by atoms with van der Waals surface area (Å²) in [7, 11) is 2.11. The fourth-order valence-electron chi connectivity index (χ4n) is 0.738. The summed E-state index contributed by atoms with van der Waals surface area (Å²) in [5, 5.41) is 0. The Morgan fingerprint density at radius 2 is 2.20 bits per heavy atom. The summed E-state index contributed by atoms with van der Waals surface area (Å²) in [4.78, 5) is 2.26. The van der Waals surface area contributed by atoms with E-state index in [0.29, 0.717) is 0 Å². The largest absolute Gasteiger partial charge is 0.330 e. The summed E-state index contributed by atoms with van der Waals surface area (Å²) in [5.41, 5.74) is 5.36. The summed E-state index contributed by atoms with van der Waals surface area (Å²) in [6, 6.07) is 0. The van der Waals surface area contributed by atoms with Crippen LogP contribution < -0.4 is 5.73 Å². The van der Waals surface area contributed by atoms with Crippen LogP contribution in [0.15, 0.2) is 12.2 Å². The average Bonchev–Trinajstić information content (AvgIpc) is 1.97. The highest BCUT2D eigenvalue weighted by atomic mass is 15.1. The van der Waals surface area contributed by atoms with E-state index in [0.717, 1.165) is 26.1 Å². The third-order valence-electron chi connectivity index (χ3n) is 1.40. The lowest BCUT2D eigenvalue weighted by atomic mass is 10.4. The topological polar surface area (TPSA) is 29.3 Å². The summed E-state index contributed by atoms with van der Waals surface area (Å²) in [6.45, 7) is 4.97. The van der Waals surface area contributed by atoms with Crippen LogP contribution in [-0.2, 0) is 0 Å². The highest BCUT2D eigenvalue weighted by Gasteiger charge is 1.91. The summed E-state index contributed by atoms with van der Waals surface area (Å²) in [6.07, 6.45) is 5.31. The first-order valence-electron chi connectivity index (χ1n) is 3.81. The molecule has 0 atom stereocenters. The van der Waals surface area contributed by atoms with Gasteiger partial charge in [0.1, 0.15) is 0 Å². The van der Waals surface area contributed by atoms with Crippen molar-refractivity contribution in [2.75, 3.05) is 26.7 Å². The standard InChI is InChI=1S/C8H18N2/c1-3-4-7-10(2)8-5-6-9/h3-4H,5-9H2,1-2H3/b4-3+. The highest BCUT2D eigenvalue weighted by molar-refractivity contribution is 4.79. The van der Waals surface area contributed by atoms with Crippen molar-refractivity contribution in [3.8, 4) is 0 Å². The molecule has 0 aliphatic heterocycles. The SMILES string of the molecule is C/C=C/CN(C)CCCN. The number of hydrogen-bond acceptors (Lipinski definition) is 2. The monoisotopic (exact) mass is 142 g/mol. The van der Waals surface area contributed by atoms with Gasteiger partial charge in [-0.05, 0) is 33.5 Å². The van der Waals surface area contributed by atoms with Crippen molar-refractivity contribution < 1.29 is 0 Å². The number of nitrogens with zero attached hydrogens (tertiary/aromatic N) is 1. The fourth-order valence-corrected chi connectivity index (χ4v) is 0.738. The van der Waals surface area contributed by atoms with Gasteiger partial charge in [0.15, 0.2) is 0 Å². The van der Waals surface area contributed by atoms with Crippen LogP contribution in [0.3, 0.4) is 0 Å². The van der Waals surface area contributed by atoms with Gasteiger partial charge in [0.25, 0.3) is 0 Å². The maximum absolute atomic E-state index is 5.36. The minimum absolute atomic E-state index is 0.792. The lowest BCUT2D eigenvalue weighted by molar-refractivity contribution is 0.366. The van der Waals surface area contributed by atoms with Gasteiger partial charge in [-0.3, -0.25) is 0 Å². The molecule has 0 spiro atoms. The van der Waals surface area contributed by atoms with Gasteiger partial charge in [0.2, 0.25) is 0 Å². The normalized spacial score (nSPS) is 11.6. The molecule has 0 saturated heterocycles. The van der Waals surface area contributed by atoms with E-state index in [4.69, 9.17) is 5.73 Å². The minimum atomic E-state index is 0.792. The van der Waals surface area contributed by atoms with Gasteiger partial charge in [-0.25, -0.2) is 0 Å². The van der Waals surface area contributed by atoms with E-state index in [-0.39, 0.29) is 0 Å². The van der Waals surface area contributed by atoms with Crippen molar-refractivity contribution >= 4 is 0 Å². The summed E-state index contributed by atoms with van der Waals surface area (Å²) >= 11 is 0. The molecule has 0 radical (unpaired) electrons. The Bertz CT molecular complexity index is 89.3. The first-order valence-corrected chi connectivity index (χ1v) is 3.81. The van der Waals surface area contributed by atoms with Crippen LogP contribution in [-0.4, -0.2) is 31.6 Å². The van der Waals surface area contributed by atoms with E-state index >= 15 is 0 Å². The second kappa shape index (κ2) is 6.78. The number of nitrogens with two attached hydrogens (primary N) is 1. The Morgan fingerprint density at radius 1 is 1.50 bits per heavy atom. The predicted octanol–water partition coefficient (Wildman–Crippen LogP) is 0.843. The second-order valence-electron chi connectivity index (χ2n) is 2.47. The van der Waals surface area contributed by atoms with E-state index in [9.17, 15) is 0 Å². The molecular weight excluding hydrogens is 124 g/mol. The van der Waals surface area contributed by atoms with Crippen molar-refractivity contribution in [1.29, 1.82) is 0 Å². The molecule has 2 N–H and O–H groups in total. The molecule has 10 heavy (non-hydrogen) atoms. The molecule has 0 aliphatic rings. The van der Waals surface area contributed by atoms with Crippen LogP contribution in [0.25, 0.3) is 0 Å². The van der Waals surface area contributed by atoms with Gasteiger partial charge in [-0.1, -0.05) is 12.2 Å². The number of hydrogen-bond donors (Lipinski definition) is 1. The molecule has 0 aromatic heterocycles. The van der Waals surface area contributed by atoms with E-state index < -0.39 is 0 Å². The molecule has 0 heterocycles. The Morgan fingerprint density at radius 3 is 2.70 bits per heavy atom. The van der Waals surface area contributed by atoms with Gasteiger partial charge in [0.05, 0.1) is 0 Å². The zero-order chi connectivity index (χ0) is 7.82. The Balaban J connectivity index is 3.16. The minimum Gasteiger partial charge on any atom is -0.330 e. The second-order valence-corrected chi connectivity index (χ2v) is 2.47. The summed E-state index contributed by atoms with van der Waals surface area (Å²) < 4.78 is 0. The van der Waals surface area contributed by atoms with Crippen molar-refractivity contribution in [2.24, 2.45) is 5.73 Å². The molecule has 0 fully saturated rings. The van der Waals surface area contributed by atoms with Gasteiger partial charge < -0.3 is 10.6 Å². The molecular formula is C8H18N2. The first-order chi connectivity index (χ1) is 4.81. The molecule has 0 aromatic rings. The predicted molar refractivity (Wildman–Crippen MR) is 46.0 cm³/mol. The number of rotatable bonds is 5. The van der Waals surface area contributed by atoms with Crippen LogP contribution in [0.1, 0.15) is 13.3 Å². The molecule has 0 saturated carbocycles. The molecule has 0 rings (SSSR count). The van der Waals surface area contributed by atoms with Crippen molar-refractivity contribution in [3.63, 3.8) is 0 Å². The van der Waals surface area contributed by atoms with Gasteiger partial charge in [0, 0.05) is 6.54 Å². The Hall–Kier alpha value is -0.340. The Labute approximate surface area is 63.7 Å². The average molecular weight is 142 g/mol. The van der Waals surface area contributed by atoms with Crippen LogP contribution in [0, 0.1) is 0 Å². The maximum Gasteiger partial charge on any atom is 0.0160 e. The molecule has 60 valence electrons. The molecule has 0 amide bonds. The molecule has 0 aliphatic carbocycles. The van der Waals surface area contributed by atoms with Gasteiger partial charge in [-0.2, -0.15) is 0 Å². The van der Waals surface area contributed by atoms with E-state index in [1.54, 1.807) is 0 Å². The third kappa shape index (κ3) is 5.79. The van der Waals surface area contributed by atoms with Crippen LogP contribution in [0.4, 0.5) is 0 Å². The number of likely N-dealkylation sites (N-methyl/N-ethyl adjacent to an activating group) is 1. The van der Waals surface area contributed by atoms with Crippen LogP contribution >= 0.6 is 0 Å². The smallest absolute Gasteiger partial charge is 0.0160 e. The fraction of sp³-hybridized carbons (Fsp3) is 0.750. The zero-order valence-corrected chi connectivity index (χ0v) is 7.01. The van der Waals surface area contributed by atoms with Crippen LogP contribution in [0.2, 0.25) is 0 Å². The molecule has 0 aromatic carbocycles. The lowest BCUT2D eigenvalue weighted by Crippen LogP contribution is -2.21. The summed E-state index contributed by atoms with van der Waals surface area (Å²) in [5.74, 6) is 0. The van der Waals surface area contributed by atoms with E-state index in [1.165, 1.54) is 0 Å². The van der Waals surface area contributed by atoms with Gasteiger partial charge >= 0.3 is 0 Å².